The van der Waals surface area contributed by atoms with Crippen molar-refractivity contribution < 1.29 is 4.74 Å². The maximum absolute atomic E-state index is 9.57. The summed E-state index contributed by atoms with van der Waals surface area (Å²) < 4.78 is 7.81. The van der Waals surface area contributed by atoms with Crippen LogP contribution in [0.5, 0.6) is 5.75 Å². The first kappa shape index (κ1) is 20.7. The Balaban J connectivity index is 1.77. The van der Waals surface area contributed by atoms with Gasteiger partial charge in [0.15, 0.2) is 5.65 Å². The molecule has 29 heavy (non-hydrogen) atoms. The first-order valence-corrected chi connectivity index (χ1v) is 10.2. The van der Waals surface area contributed by atoms with Gasteiger partial charge in [0.2, 0.25) is 0 Å². The van der Waals surface area contributed by atoms with Gasteiger partial charge in [0.1, 0.15) is 17.6 Å². The molecular formula is C23H29N5O. The molecule has 0 saturated heterocycles. The van der Waals surface area contributed by atoms with Crippen LogP contribution in [-0.2, 0) is 13.6 Å². The molecule has 0 saturated carbocycles. The van der Waals surface area contributed by atoms with E-state index >= 15 is 0 Å². The third-order valence-corrected chi connectivity index (χ3v) is 5.04. The molecule has 2 heterocycles. The molecule has 0 spiro atoms. The predicted octanol–water partition coefficient (Wildman–Crippen LogP) is 5.03. The van der Waals surface area contributed by atoms with Crippen molar-refractivity contribution in [2.45, 2.75) is 53.0 Å². The Kier molecular flexibility index (Phi) is 6.71. The van der Waals surface area contributed by atoms with Crippen LogP contribution >= 0.6 is 0 Å². The van der Waals surface area contributed by atoms with Crippen molar-refractivity contribution >= 4 is 16.9 Å². The number of ether oxygens (including phenoxy) is 1. The summed E-state index contributed by atoms with van der Waals surface area (Å²) in [4.78, 5) is 4.65. The average molecular weight is 392 g/mol. The summed E-state index contributed by atoms with van der Waals surface area (Å²) >= 11 is 0. The largest absolute Gasteiger partial charge is 0.493 e. The smallest absolute Gasteiger partial charge is 0.160 e. The molecule has 1 N–H and O–H groups in total. The highest BCUT2D eigenvalue weighted by atomic mass is 16.5. The van der Waals surface area contributed by atoms with Gasteiger partial charge in [0, 0.05) is 24.5 Å². The van der Waals surface area contributed by atoms with Crippen molar-refractivity contribution in [1.29, 1.82) is 5.26 Å². The van der Waals surface area contributed by atoms with Crippen molar-refractivity contribution in [3.8, 4) is 11.8 Å². The lowest BCUT2D eigenvalue weighted by Gasteiger charge is -2.14. The van der Waals surface area contributed by atoms with E-state index in [0.717, 1.165) is 41.1 Å². The summed E-state index contributed by atoms with van der Waals surface area (Å²) in [6.45, 7) is 7.45. The van der Waals surface area contributed by atoms with Crippen molar-refractivity contribution in [3.63, 3.8) is 0 Å². The van der Waals surface area contributed by atoms with Crippen LogP contribution in [-0.4, -0.2) is 21.4 Å². The Morgan fingerprint density at radius 3 is 2.76 bits per heavy atom. The van der Waals surface area contributed by atoms with E-state index in [4.69, 9.17) is 4.74 Å². The fourth-order valence-electron chi connectivity index (χ4n) is 3.39. The van der Waals surface area contributed by atoms with Crippen LogP contribution in [0.25, 0.3) is 11.0 Å². The predicted molar refractivity (Wildman–Crippen MR) is 116 cm³/mol. The van der Waals surface area contributed by atoms with Crippen LogP contribution in [0.1, 0.15) is 55.0 Å². The molecule has 3 rings (SSSR count). The van der Waals surface area contributed by atoms with Gasteiger partial charge in [-0.1, -0.05) is 38.3 Å². The van der Waals surface area contributed by atoms with Gasteiger partial charge in [-0.15, -0.1) is 0 Å². The number of nitrogens with one attached hydrogen (secondary N) is 1. The zero-order valence-corrected chi connectivity index (χ0v) is 17.7. The number of hydrogen-bond donors (Lipinski definition) is 1. The molecular weight excluding hydrogens is 362 g/mol. The molecule has 6 heteroatoms. The van der Waals surface area contributed by atoms with Crippen LogP contribution in [0, 0.1) is 25.2 Å². The quantitative estimate of drug-likeness (QED) is 0.518. The van der Waals surface area contributed by atoms with E-state index in [1.807, 2.05) is 20.0 Å². The number of aryl methyl sites for hydroxylation is 3. The fraction of sp³-hybridized carbons (Fsp3) is 0.435. The Morgan fingerprint density at radius 1 is 1.17 bits per heavy atom. The lowest BCUT2D eigenvalue weighted by atomic mass is 10.1. The van der Waals surface area contributed by atoms with Crippen molar-refractivity contribution in [1.82, 2.24) is 14.8 Å². The lowest BCUT2D eigenvalue weighted by molar-refractivity contribution is 0.302. The van der Waals surface area contributed by atoms with Gasteiger partial charge in [0.25, 0.3) is 0 Å². The second kappa shape index (κ2) is 9.42. The Bertz CT molecular complexity index is 1030. The van der Waals surface area contributed by atoms with E-state index < -0.39 is 0 Å². The Labute approximate surface area is 172 Å². The minimum absolute atomic E-state index is 0.516. The molecule has 0 fully saturated rings. The van der Waals surface area contributed by atoms with E-state index in [1.54, 1.807) is 4.68 Å². The van der Waals surface area contributed by atoms with E-state index in [0.29, 0.717) is 17.9 Å². The van der Waals surface area contributed by atoms with Crippen LogP contribution in [0.4, 0.5) is 5.82 Å². The second-order valence-corrected chi connectivity index (χ2v) is 7.45. The van der Waals surface area contributed by atoms with Gasteiger partial charge >= 0.3 is 0 Å². The number of pyridine rings is 1. The number of nitrogens with zero attached hydrogens (tertiary/aromatic N) is 4. The lowest BCUT2D eigenvalue weighted by Crippen LogP contribution is -2.07. The highest BCUT2D eigenvalue weighted by molar-refractivity contribution is 5.82. The molecule has 2 aromatic heterocycles. The fourth-order valence-corrected chi connectivity index (χ4v) is 3.39. The van der Waals surface area contributed by atoms with Gasteiger partial charge in [-0.3, -0.25) is 4.68 Å². The van der Waals surface area contributed by atoms with E-state index in [1.165, 1.54) is 24.8 Å². The molecule has 0 unspecified atom stereocenters. The van der Waals surface area contributed by atoms with Gasteiger partial charge in [0.05, 0.1) is 17.9 Å². The first-order chi connectivity index (χ1) is 14.0. The Morgan fingerprint density at radius 2 is 2.00 bits per heavy atom. The SMILES string of the molecule is CCCCCCOc1cc(C)ccc1CNc1nc2c(cc1C#N)c(C)nn2C. The molecule has 0 aliphatic carbocycles. The molecule has 0 aliphatic heterocycles. The minimum Gasteiger partial charge on any atom is -0.493 e. The summed E-state index contributed by atoms with van der Waals surface area (Å²) in [6.07, 6.45) is 4.71. The van der Waals surface area contributed by atoms with E-state index in [9.17, 15) is 5.26 Å². The second-order valence-electron chi connectivity index (χ2n) is 7.45. The molecule has 0 bridgehead atoms. The molecule has 152 valence electrons. The summed E-state index contributed by atoms with van der Waals surface area (Å²) in [7, 11) is 1.86. The average Bonchev–Trinajstić information content (AvgIpc) is 2.99. The maximum Gasteiger partial charge on any atom is 0.160 e. The monoisotopic (exact) mass is 391 g/mol. The molecule has 1 aromatic carbocycles. The summed E-state index contributed by atoms with van der Waals surface area (Å²) in [5.41, 5.74) is 4.37. The third-order valence-electron chi connectivity index (χ3n) is 5.04. The third kappa shape index (κ3) is 4.86. The molecule has 0 radical (unpaired) electrons. The molecule has 3 aromatic rings. The topological polar surface area (TPSA) is 75.8 Å². The Hall–Kier alpha value is -3.07. The van der Waals surface area contributed by atoms with Gasteiger partial charge in [-0.2, -0.15) is 10.4 Å². The summed E-state index contributed by atoms with van der Waals surface area (Å²) in [6, 6.07) is 10.3. The van der Waals surface area contributed by atoms with Crippen LogP contribution in [0.3, 0.4) is 0 Å². The van der Waals surface area contributed by atoms with Gasteiger partial charge in [-0.25, -0.2) is 4.98 Å². The van der Waals surface area contributed by atoms with Crippen molar-refractivity contribution in [2.75, 3.05) is 11.9 Å². The highest BCUT2D eigenvalue weighted by Gasteiger charge is 2.13. The summed E-state index contributed by atoms with van der Waals surface area (Å²) in [5.74, 6) is 1.46. The number of nitriles is 1. The number of rotatable bonds is 9. The minimum atomic E-state index is 0.516. The van der Waals surface area contributed by atoms with Gasteiger partial charge < -0.3 is 10.1 Å². The number of aromatic nitrogens is 3. The van der Waals surface area contributed by atoms with Crippen molar-refractivity contribution in [3.05, 3.63) is 46.6 Å². The van der Waals surface area contributed by atoms with E-state index in [2.05, 4.69) is 53.5 Å². The first-order valence-electron chi connectivity index (χ1n) is 10.2. The van der Waals surface area contributed by atoms with E-state index in [-0.39, 0.29) is 0 Å². The molecule has 0 atom stereocenters. The zero-order valence-electron chi connectivity index (χ0n) is 17.7. The van der Waals surface area contributed by atoms with Crippen LogP contribution in [0.2, 0.25) is 0 Å². The molecule has 0 amide bonds. The van der Waals surface area contributed by atoms with Crippen LogP contribution in [0.15, 0.2) is 24.3 Å². The van der Waals surface area contributed by atoms with Crippen molar-refractivity contribution in [2.24, 2.45) is 7.05 Å². The molecule has 0 aliphatic rings. The number of anilines is 1. The number of hydrogen-bond acceptors (Lipinski definition) is 5. The number of fused-ring (bicyclic) bond motifs is 1. The highest BCUT2D eigenvalue weighted by Crippen LogP contribution is 2.25. The van der Waals surface area contributed by atoms with Crippen LogP contribution < -0.4 is 10.1 Å². The number of benzene rings is 1. The number of unbranched alkanes of at least 4 members (excludes halogenated alkanes) is 3. The standard InChI is InChI=1S/C23H29N5O/c1-5-6-7-8-11-29-21-12-16(2)9-10-18(21)15-25-22-19(14-24)13-20-17(3)27-28(4)23(20)26-22/h9-10,12-13H,5-8,11,15H2,1-4H3,(H,25,26). The zero-order chi connectivity index (χ0) is 20.8. The van der Waals surface area contributed by atoms with Gasteiger partial charge in [-0.05, 0) is 38.0 Å². The molecule has 6 nitrogen and oxygen atoms in total. The normalized spacial score (nSPS) is 10.9. The summed E-state index contributed by atoms with van der Waals surface area (Å²) in [5, 5.41) is 18.2. The maximum atomic E-state index is 9.57.